The summed E-state index contributed by atoms with van der Waals surface area (Å²) >= 11 is 0. The Labute approximate surface area is 77.3 Å². The van der Waals surface area contributed by atoms with Crippen LogP contribution in [0.15, 0.2) is 12.4 Å². The summed E-state index contributed by atoms with van der Waals surface area (Å²) in [4.78, 5) is 1.89. The van der Waals surface area contributed by atoms with Gasteiger partial charge in [-0.25, -0.2) is 0 Å². The molecular formula is C9H14N4. The van der Waals surface area contributed by atoms with Crippen LogP contribution in [0.25, 0.3) is 0 Å². The summed E-state index contributed by atoms with van der Waals surface area (Å²) in [5, 5.41) is 11.9. The zero-order chi connectivity index (χ0) is 8.67. The van der Waals surface area contributed by atoms with Crippen LogP contribution in [0.1, 0.15) is 18.9 Å². The Hall–Kier alpha value is -0.900. The maximum atomic E-state index is 4.21. The van der Waals surface area contributed by atoms with Crippen molar-refractivity contribution in [3.63, 3.8) is 0 Å². The highest BCUT2D eigenvalue weighted by Crippen LogP contribution is 2.40. The molecule has 13 heavy (non-hydrogen) atoms. The fraction of sp³-hybridized carbons (Fsp3) is 0.778. The van der Waals surface area contributed by atoms with Crippen molar-refractivity contribution in [1.29, 1.82) is 0 Å². The lowest BCUT2D eigenvalue weighted by Gasteiger charge is -2.09. The lowest BCUT2D eigenvalue weighted by atomic mass is 10.0. The fourth-order valence-electron chi connectivity index (χ4n) is 2.74. The summed E-state index contributed by atoms with van der Waals surface area (Å²) in [6.45, 7) is 2.39. The van der Waals surface area contributed by atoms with Crippen LogP contribution in [0.3, 0.4) is 0 Å². The molecular weight excluding hydrogens is 164 g/mol. The van der Waals surface area contributed by atoms with Gasteiger partial charge in [-0.1, -0.05) is 0 Å². The van der Waals surface area contributed by atoms with E-state index in [0.717, 1.165) is 11.8 Å². The largest absolute Gasteiger partial charge is 0.316 e. The SMILES string of the molecule is c1cnn(C2CC3CNCC3C2)n1. The Morgan fingerprint density at radius 3 is 2.31 bits per heavy atom. The molecule has 70 valence electrons. The molecule has 1 aliphatic carbocycles. The number of hydrogen-bond acceptors (Lipinski definition) is 3. The highest BCUT2D eigenvalue weighted by molar-refractivity contribution is 4.91. The van der Waals surface area contributed by atoms with E-state index in [4.69, 9.17) is 0 Å². The maximum absolute atomic E-state index is 4.21. The first-order valence-electron chi connectivity index (χ1n) is 5.00. The van der Waals surface area contributed by atoms with Gasteiger partial charge < -0.3 is 5.32 Å². The third kappa shape index (κ3) is 1.16. The molecule has 2 fully saturated rings. The summed E-state index contributed by atoms with van der Waals surface area (Å²) < 4.78 is 0. The normalized spacial score (nSPS) is 38.0. The molecule has 1 saturated carbocycles. The third-order valence-corrected chi connectivity index (χ3v) is 3.39. The minimum absolute atomic E-state index is 0.562. The van der Waals surface area contributed by atoms with Crippen molar-refractivity contribution in [3.05, 3.63) is 12.4 Å². The lowest BCUT2D eigenvalue weighted by molar-refractivity contribution is 0.388. The van der Waals surface area contributed by atoms with Gasteiger partial charge in [0.2, 0.25) is 0 Å². The van der Waals surface area contributed by atoms with Crippen molar-refractivity contribution in [2.75, 3.05) is 13.1 Å². The summed E-state index contributed by atoms with van der Waals surface area (Å²) in [5.41, 5.74) is 0. The third-order valence-electron chi connectivity index (χ3n) is 3.39. The van der Waals surface area contributed by atoms with Crippen molar-refractivity contribution < 1.29 is 0 Å². The molecule has 0 radical (unpaired) electrons. The van der Waals surface area contributed by atoms with E-state index < -0.39 is 0 Å². The number of rotatable bonds is 1. The fourth-order valence-corrected chi connectivity index (χ4v) is 2.74. The quantitative estimate of drug-likeness (QED) is 0.679. The first-order chi connectivity index (χ1) is 6.43. The average Bonchev–Trinajstić information content (AvgIpc) is 2.78. The molecule has 2 atom stereocenters. The number of fused-ring (bicyclic) bond motifs is 1. The Bertz CT molecular complexity index is 270. The van der Waals surface area contributed by atoms with Crippen LogP contribution in [0.4, 0.5) is 0 Å². The van der Waals surface area contributed by atoms with E-state index in [1.165, 1.54) is 25.9 Å². The predicted octanol–water partition coefficient (Wildman–Crippen LogP) is 0.449. The average molecular weight is 178 g/mol. The molecule has 3 rings (SSSR count). The zero-order valence-corrected chi connectivity index (χ0v) is 7.56. The monoisotopic (exact) mass is 178 g/mol. The Morgan fingerprint density at radius 2 is 1.69 bits per heavy atom. The molecule has 1 saturated heterocycles. The second-order valence-corrected chi connectivity index (χ2v) is 4.15. The summed E-state index contributed by atoms with van der Waals surface area (Å²) in [7, 11) is 0. The van der Waals surface area contributed by atoms with Gasteiger partial charge in [0.15, 0.2) is 0 Å². The molecule has 0 amide bonds. The Balaban J connectivity index is 1.76. The summed E-state index contributed by atoms with van der Waals surface area (Å²) in [6, 6.07) is 0.562. The van der Waals surface area contributed by atoms with Gasteiger partial charge in [0.05, 0.1) is 18.4 Å². The Morgan fingerprint density at radius 1 is 1.08 bits per heavy atom. The summed E-state index contributed by atoms with van der Waals surface area (Å²) in [6.07, 6.45) is 6.05. The molecule has 1 aromatic heterocycles. The molecule has 0 spiro atoms. The molecule has 1 N–H and O–H groups in total. The topological polar surface area (TPSA) is 42.7 Å². The second kappa shape index (κ2) is 2.80. The number of hydrogen-bond donors (Lipinski definition) is 1. The van der Waals surface area contributed by atoms with E-state index in [9.17, 15) is 0 Å². The van der Waals surface area contributed by atoms with E-state index in [0.29, 0.717) is 6.04 Å². The van der Waals surface area contributed by atoms with E-state index in [1.807, 2.05) is 4.80 Å². The molecule has 4 nitrogen and oxygen atoms in total. The zero-order valence-electron chi connectivity index (χ0n) is 7.56. The van der Waals surface area contributed by atoms with Crippen molar-refractivity contribution in [3.8, 4) is 0 Å². The minimum Gasteiger partial charge on any atom is -0.316 e. The van der Waals surface area contributed by atoms with E-state index in [-0.39, 0.29) is 0 Å². The van der Waals surface area contributed by atoms with Crippen LogP contribution in [-0.4, -0.2) is 28.1 Å². The molecule has 1 aromatic rings. The first kappa shape index (κ1) is 7.50. The highest BCUT2D eigenvalue weighted by atomic mass is 15.5. The molecule has 2 heterocycles. The van der Waals surface area contributed by atoms with E-state index in [2.05, 4.69) is 15.5 Å². The lowest BCUT2D eigenvalue weighted by Crippen LogP contribution is -2.15. The molecule has 0 bridgehead atoms. The van der Waals surface area contributed by atoms with Crippen LogP contribution in [-0.2, 0) is 0 Å². The van der Waals surface area contributed by atoms with Gasteiger partial charge in [-0.15, -0.1) is 0 Å². The molecule has 4 heteroatoms. The van der Waals surface area contributed by atoms with E-state index in [1.54, 1.807) is 12.4 Å². The van der Waals surface area contributed by atoms with Crippen molar-refractivity contribution in [2.45, 2.75) is 18.9 Å². The van der Waals surface area contributed by atoms with Crippen molar-refractivity contribution in [2.24, 2.45) is 11.8 Å². The number of nitrogens with zero attached hydrogens (tertiary/aromatic N) is 3. The first-order valence-corrected chi connectivity index (χ1v) is 5.00. The van der Waals surface area contributed by atoms with E-state index >= 15 is 0 Å². The van der Waals surface area contributed by atoms with Crippen molar-refractivity contribution in [1.82, 2.24) is 20.3 Å². The maximum Gasteiger partial charge on any atom is 0.0722 e. The number of aromatic nitrogens is 3. The summed E-state index contributed by atoms with van der Waals surface area (Å²) in [5.74, 6) is 1.74. The van der Waals surface area contributed by atoms with Gasteiger partial charge in [-0.2, -0.15) is 15.0 Å². The van der Waals surface area contributed by atoms with Crippen LogP contribution in [0.2, 0.25) is 0 Å². The van der Waals surface area contributed by atoms with Gasteiger partial charge in [-0.3, -0.25) is 0 Å². The molecule has 0 aromatic carbocycles. The van der Waals surface area contributed by atoms with Crippen LogP contribution >= 0.6 is 0 Å². The standard InChI is InChI=1S/C9H14N4/c1-2-12-13(11-1)9-3-7-5-10-6-8(7)4-9/h1-2,7-10H,3-6H2. The van der Waals surface area contributed by atoms with Gasteiger partial charge in [-0.05, 0) is 37.8 Å². The van der Waals surface area contributed by atoms with Crippen LogP contribution in [0, 0.1) is 11.8 Å². The highest BCUT2D eigenvalue weighted by Gasteiger charge is 2.38. The van der Waals surface area contributed by atoms with Crippen LogP contribution in [0.5, 0.6) is 0 Å². The number of nitrogens with one attached hydrogen (secondary N) is 1. The molecule has 2 unspecified atom stereocenters. The predicted molar refractivity (Wildman–Crippen MR) is 48.1 cm³/mol. The van der Waals surface area contributed by atoms with Gasteiger partial charge in [0.1, 0.15) is 0 Å². The second-order valence-electron chi connectivity index (χ2n) is 4.15. The van der Waals surface area contributed by atoms with Crippen LogP contribution < -0.4 is 5.32 Å². The molecule has 2 aliphatic rings. The molecule has 1 aliphatic heterocycles. The van der Waals surface area contributed by atoms with Gasteiger partial charge in [0, 0.05) is 0 Å². The van der Waals surface area contributed by atoms with Gasteiger partial charge >= 0.3 is 0 Å². The van der Waals surface area contributed by atoms with Gasteiger partial charge in [0.25, 0.3) is 0 Å². The minimum atomic E-state index is 0.562. The smallest absolute Gasteiger partial charge is 0.0722 e. The Kier molecular flexibility index (Phi) is 1.62. The van der Waals surface area contributed by atoms with Crippen molar-refractivity contribution >= 4 is 0 Å².